The first kappa shape index (κ1) is 16.2. The van der Waals surface area contributed by atoms with E-state index in [0.29, 0.717) is 11.5 Å². The van der Waals surface area contributed by atoms with Gasteiger partial charge >= 0.3 is 0 Å². The van der Waals surface area contributed by atoms with Gasteiger partial charge in [0.05, 0.1) is 23.4 Å². The van der Waals surface area contributed by atoms with Crippen molar-refractivity contribution < 1.29 is 5.11 Å². The van der Waals surface area contributed by atoms with Crippen LogP contribution in [0, 0.1) is 17.2 Å². The maximum absolute atomic E-state index is 9.91. The highest BCUT2D eigenvalue weighted by molar-refractivity contribution is 7.99. The first-order valence-corrected chi connectivity index (χ1v) is 8.67. The van der Waals surface area contributed by atoms with Gasteiger partial charge in [-0.05, 0) is 36.6 Å². The maximum Gasteiger partial charge on any atom is 0.102 e. The van der Waals surface area contributed by atoms with Gasteiger partial charge in [0.25, 0.3) is 0 Å². The minimum Gasteiger partial charge on any atom is -0.394 e. The minimum atomic E-state index is -0.279. The van der Waals surface area contributed by atoms with Crippen molar-refractivity contribution in [2.24, 2.45) is 5.92 Å². The zero-order chi connectivity index (χ0) is 15.3. The zero-order valence-corrected chi connectivity index (χ0v) is 13.7. The second-order valence-electron chi connectivity index (χ2n) is 5.99. The van der Waals surface area contributed by atoms with E-state index >= 15 is 0 Å². The van der Waals surface area contributed by atoms with E-state index in [4.69, 9.17) is 0 Å². The summed E-state index contributed by atoms with van der Waals surface area (Å²) in [6, 6.07) is 8.26. The van der Waals surface area contributed by atoms with Crippen molar-refractivity contribution in [3.05, 3.63) is 23.8 Å². The fraction of sp³-hybridized carbons (Fsp3) is 0.588. The molecule has 1 aromatic carbocycles. The van der Waals surface area contributed by atoms with Gasteiger partial charge in [0, 0.05) is 4.90 Å². The van der Waals surface area contributed by atoms with Gasteiger partial charge < -0.3 is 10.4 Å². The van der Waals surface area contributed by atoms with Crippen LogP contribution in [0.2, 0.25) is 0 Å². The lowest BCUT2D eigenvalue weighted by Gasteiger charge is -2.40. The molecule has 114 valence electrons. The normalized spacial score (nSPS) is 25.3. The van der Waals surface area contributed by atoms with E-state index in [0.717, 1.165) is 35.6 Å². The van der Waals surface area contributed by atoms with Gasteiger partial charge in [0.1, 0.15) is 6.07 Å². The van der Waals surface area contributed by atoms with E-state index in [2.05, 4.69) is 25.2 Å². The fourth-order valence-corrected chi connectivity index (χ4v) is 4.05. The van der Waals surface area contributed by atoms with Crippen molar-refractivity contribution >= 4 is 17.4 Å². The monoisotopic (exact) mass is 304 g/mol. The average Bonchev–Trinajstić information content (AvgIpc) is 2.48. The molecule has 0 amide bonds. The zero-order valence-electron chi connectivity index (χ0n) is 12.9. The number of nitriles is 1. The molecule has 2 unspecified atom stereocenters. The van der Waals surface area contributed by atoms with Crippen molar-refractivity contribution in [3.63, 3.8) is 0 Å². The third kappa shape index (κ3) is 3.72. The number of nitrogens with one attached hydrogen (secondary N) is 1. The number of anilines is 1. The van der Waals surface area contributed by atoms with Crippen LogP contribution < -0.4 is 5.32 Å². The van der Waals surface area contributed by atoms with Gasteiger partial charge in [-0.2, -0.15) is 5.26 Å². The van der Waals surface area contributed by atoms with E-state index in [1.54, 1.807) is 11.8 Å². The van der Waals surface area contributed by atoms with Crippen LogP contribution in [0.1, 0.15) is 45.1 Å². The first-order valence-electron chi connectivity index (χ1n) is 7.69. The fourth-order valence-electron chi connectivity index (χ4n) is 3.27. The summed E-state index contributed by atoms with van der Waals surface area (Å²) in [6.45, 7) is 4.44. The molecule has 0 heterocycles. The molecule has 2 atom stereocenters. The molecule has 0 bridgehead atoms. The highest BCUT2D eigenvalue weighted by atomic mass is 32.2. The van der Waals surface area contributed by atoms with E-state index < -0.39 is 0 Å². The van der Waals surface area contributed by atoms with Crippen molar-refractivity contribution in [1.29, 1.82) is 5.26 Å². The second kappa shape index (κ2) is 7.20. The SMILES string of the molecule is CCSc1cccc(NC2(CO)CCCC(C)C2)c1C#N. The Labute approximate surface area is 131 Å². The quantitative estimate of drug-likeness (QED) is 0.807. The van der Waals surface area contributed by atoms with Crippen molar-refractivity contribution in [3.8, 4) is 6.07 Å². The van der Waals surface area contributed by atoms with E-state index in [9.17, 15) is 10.4 Å². The number of aliphatic hydroxyl groups is 1. The number of nitrogens with zero attached hydrogens (tertiary/aromatic N) is 1. The minimum absolute atomic E-state index is 0.118. The highest BCUT2D eigenvalue weighted by Crippen LogP contribution is 2.37. The van der Waals surface area contributed by atoms with Crippen LogP contribution in [0.4, 0.5) is 5.69 Å². The predicted octanol–water partition coefficient (Wildman–Crippen LogP) is 4.02. The number of rotatable bonds is 5. The molecule has 1 saturated carbocycles. The van der Waals surface area contributed by atoms with Gasteiger partial charge in [-0.3, -0.25) is 0 Å². The Morgan fingerprint density at radius 1 is 1.52 bits per heavy atom. The molecule has 0 aromatic heterocycles. The molecule has 0 saturated heterocycles. The number of hydrogen-bond acceptors (Lipinski definition) is 4. The third-order valence-electron chi connectivity index (χ3n) is 4.23. The number of hydrogen-bond donors (Lipinski definition) is 2. The summed E-state index contributed by atoms with van der Waals surface area (Å²) in [4.78, 5) is 1.02. The Morgan fingerprint density at radius 3 is 2.95 bits per heavy atom. The Kier molecular flexibility index (Phi) is 5.55. The summed E-state index contributed by atoms with van der Waals surface area (Å²) in [5.41, 5.74) is 1.29. The Hall–Kier alpha value is -1.18. The van der Waals surface area contributed by atoms with E-state index in [1.165, 1.54) is 6.42 Å². The third-order valence-corrected chi connectivity index (χ3v) is 5.17. The Balaban J connectivity index is 2.29. The molecule has 0 spiro atoms. The van der Waals surface area contributed by atoms with Gasteiger partial charge in [-0.25, -0.2) is 0 Å². The summed E-state index contributed by atoms with van der Waals surface area (Å²) in [5, 5.41) is 22.9. The molecule has 1 aliphatic carbocycles. The second-order valence-corrected chi connectivity index (χ2v) is 7.29. The molecule has 1 aromatic rings. The lowest BCUT2D eigenvalue weighted by molar-refractivity contribution is 0.149. The molecule has 3 nitrogen and oxygen atoms in total. The van der Waals surface area contributed by atoms with E-state index in [1.807, 2.05) is 18.2 Å². The molecule has 0 aliphatic heterocycles. The number of benzene rings is 1. The number of aliphatic hydroxyl groups excluding tert-OH is 1. The molecular formula is C17H24N2OS. The summed E-state index contributed by atoms with van der Waals surface area (Å²) in [7, 11) is 0. The largest absolute Gasteiger partial charge is 0.394 e. The molecule has 1 fully saturated rings. The van der Waals surface area contributed by atoms with Crippen LogP contribution in [-0.4, -0.2) is 23.0 Å². The van der Waals surface area contributed by atoms with Crippen LogP contribution in [0.5, 0.6) is 0 Å². The van der Waals surface area contributed by atoms with Crippen molar-refractivity contribution in [1.82, 2.24) is 0 Å². The predicted molar refractivity (Wildman–Crippen MR) is 88.6 cm³/mol. The smallest absolute Gasteiger partial charge is 0.102 e. The summed E-state index contributed by atoms with van der Waals surface area (Å²) >= 11 is 1.68. The number of thioether (sulfide) groups is 1. The topological polar surface area (TPSA) is 56.0 Å². The van der Waals surface area contributed by atoms with Crippen molar-refractivity contribution in [2.45, 2.75) is 50.0 Å². The van der Waals surface area contributed by atoms with E-state index in [-0.39, 0.29) is 12.1 Å². The molecular weight excluding hydrogens is 280 g/mol. The van der Waals surface area contributed by atoms with Crippen LogP contribution in [-0.2, 0) is 0 Å². The van der Waals surface area contributed by atoms with Gasteiger partial charge in [-0.1, -0.05) is 32.8 Å². The average molecular weight is 304 g/mol. The van der Waals surface area contributed by atoms with Gasteiger partial charge in [0.15, 0.2) is 0 Å². The molecule has 2 rings (SSSR count). The summed E-state index contributed by atoms with van der Waals surface area (Å²) in [6.07, 6.45) is 4.27. The van der Waals surface area contributed by atoms with Crippen LogP contribution >= 0.6 is 11.8 Å². The van der Waals surface area contributed by atoms with Gasteiger partial charge in [-0.15, -0.1) is 11.8 Å². The summed E-state index contributed by atoms with van der Waals surface area (Å²) in [5.74, 6) is 1.55. The van der Waals surface area contributed by atoms with Crippen LogP contribution in [0.25, 0.3) is 0 Å². The van der Waals surface area contributed by atoms with Crippen molar-refractivity contribution in [2.75, 3.05) is 17.7 Å². The molecule has 2 N–H and O–H groups in total. The molecule has 4 heteroatoms. The Bertz CT molecular complexity index is 526. The molecule has 21 heavy (non-hydrogen) atoms. The summed E-state index contributed by atoms with van der Waals surface area (Å²) < 4.78 is 0. The van der Waals surface area contributed by atoms with Gasteiger partial charge in [0.2, 0.25) is 0 Å². The standard InChI is InChI=1S/C17H24N2OS/c1-3-21-16-8-4-7-15(14(16)11-18)19-17(12-20)9-5-6-13(2)10-17/h4,7-8,13,19-20H,3,5-6,9-10,12H2,1-2H3. The first-order chi connectivity index (χ1) is 10.1. The van der Waals surface area contributed by atoms with Crippen LogP contribution in [0.15, 0.2) is 23.1 Å². The maximum atomic E-state index is 9.91. The molecule has 0 radical (unpaired) electrons. The molecule has 1 aliphatic rings. The lowest BCUT2D eigenvalue weighted by atomic mass is 9.76. The highest BCUT2D eigenvalue weighted by Gasteiger charge is 2.34. The lowest BCUT2D eigenvalue weighted by Crippen LogP contribution is -2.46. The van der Waals surface area contributed by atoms with Crippen LogP contribution in [0.3, 0.4) is 0 Å². The Morgan fingerprint density at radius 2 is 2.33 bits per heavy atom.